The van der Waals surface area contributed by atoms with Crippen LogP contribution in [0.5, 0.6) is 0 Å². The molecule has 0 spiro atoms. The van der Waals surface area contributed by atoms with E-state index in [1.807, 2.05) is 0 Å². The molecule has 2 aliphatic carbocycles. The number of halogens is 2. The molecule has 0 unspecified atom stereocenters. The first-order valence-electron chi connectivity index (χ1n) is 11.5. The average molecular weight is 513 g/mol. The molecule has 0 atom stereocenters. The van der Waals surface area contributed by atoms with Gasteiger partial charge in [0.05, 0.1) is 0 Å². The van der Waals surface area contributed by atoms with Crippen molar-refractivity contribution in [1.29, 1.82) is 0 Å². The molecule has 4 rings (SSSR count). The van der Waals surface area contributed by atoms with E-state index in [0.717, 1.165) is 12.8 Å². The van der Waals surface area contributed by atoms with E-state index in [9.17, 15) is 0 Å². The van der Waals surface area contributed by atoms with E-state index in [1.165, 1.54) is 71.9 Å². The number of hydrogen-bond acceptors (Lipinski definition) is 0. The molecule has 0 aliphatic heterocycles. The molecule has 33 heavy (non-hydrogen) atoms. The molecule has 2 aromatic carbocycles. The summed E-state index contributed by atoms with van der Waals surface area (Å²) in [6, 6.07) is 21.2. The minimum Gasteiger partial charge on any atom is -1.00 e. The molecule has 0 aromatic heterocycles. The van der Waals surface area contributed by atoms with Crippen LogP contribution >= 0.6 is 0 Å². The number of unbranched alkanes of at least 4 members (excludes halogenated alkanes) is 2. The second-order valence-corrected chi connectivity index (χ2v) is 8.04. The minimum atomic E-state index is 0. The van der Waals surface area contributed by atoms with Gasteiger partial charge in [0.1, 0.15) is 0 Å². The summed E-state index contributed by atoms with van der Waals surface area (Å²) >= 11 is 0. The third-order valence-electron chi connectivity index (χ3n) is 5.60. The Hall–Kier alpha value is -1.31. The van der Waals surface area contributed by atoms with Gasteiger partial charge in [-0.15, -0.1) is 24.0 Å². The minimum absolute atomic E-state index is 0. The van der Waals surface area contributed by atoms with Crippen LogP contribution in [0.2, 0.25) is 0 Å². The molecule has 0 bridgehead atoms. The van der Waals surface area contributed by atoms with E-state index in [-0.39, 0.29) is 46.5 Å². The smallest absolute Gasteiger partial charge is 1.00 e. The first kappa shape index (κ1) is 31.7. The average Bonchev–Trinajstić information content (AvgIpc) is 3.48. The Morgan fingerprint density at radius 1 is 0.606 bits per heavy atom. The summed E-state index contributed by atoms with van der Waals surface area (Å²) in [5.74, 6) is 0. The third kappa shape index (κ3) is 10.7. The van der Waals surface area contributed by atoms with Crippen LogP contribution in [-0.4, -0.2) is 0 Å². The van der Waals surface area contributed by atoms with Gasteiger partial charge in [-0.05, 0) is 11.1 Å². The van der Waals surface area contributed by atoms with Gasteiger partial charge in [-0.1, -0.05) is 113 Å². The zero-order chi connectivity index (χ0) is 21.0. The van der Waals surface area contributed by atoms with Gasteiger partial charge in [0.25, 0.3) is 0 Å². The maximum atomic E-state index is 3.46. The Kier molecular flexibility index (Phi) is 17.4. The summed E-state index contributed by atoms with van der Waals surface area (Å²) in [5.41, 5.74) is 8.32. The van der Waals surface area contributed by atoms with Gasteiger partial charge in [-0.25, -0.2) is 23.3 Å². The van der Waals surface area contributed by atoms with Crippen molar-refractivity contribution >= 4 is 11.1 Å². The molecule has 3 heteroatoms. The zero-order valence-electron chi connectivity index (χ0n) is 19.8. The summed E-state index contributed by atoms with van der Waals surface area (Å²) in [6.07, 6.45) is 21.0. The van der Waals surface area contributed by atoms with Crippen LogP contribution in [0, 0.1) is 12.2 Å². The van der Waals surface area contributed by atoms with Crippen molar-refractivity contribution in [3.63, 3.8) is 0 Å². The fraction of sp³-hybridized carbons (Fsp3) is 0.333. The van der Waals surface area contributed by atoms with Gasteiger partial charge in [0.2, 0.25) is 0 Å². The van der Waals surface area contributed by atoms with Crippen molar-refractivity contribution in [2.75, 3.05) is 0 Å². The standard InChI is InChI=1S/2C15H17.2ClH.Ti/c2*1-2-3-7-13-10-11-15(12-13)14-8-5-4-6-9-14;;;/h2*4-6,8-9,12H,2-3,7,11H2,1H3;2*1H;/q2*-1;;;+4/p-2. The second kappa shape index (κ2) is 18.1. The number of benzene rings is 2. The van der Waals surface area contributed by atoms with Crippen LogP contribution in [0.25, 0.3) is 11.1 Å². The largest absolute Gasteiger partial charge is 4.00 e. The number of hydrogen-bond donors (Lipinski definition) is 0. The Morgan fingerprint density at radius 2 is 0.970 bits per heavy atom. The quantitative estimate of drug-likeness (QED) is 0.377. The fourth-order valence-corrected chi connectivity index (χ4v) is 3.77. The van der Waals surface area contributed by atoms with Gasteiger partial charge in [0, 0.05) is 0 Å². The number of allylic oxidation sites excluding steroid dienone is 8. The van der Waals surface area contributed by atoms with Crippen LogP contribution in [0.4, 0.5) is 0 Å². The Balaban J connectivity index is 0.000000569. The first-order chi connectivity index (χ1) is 14.8. The van der Waals surface area contributed by atoms with Crippen LogP contribution in [0.15, 0.2) is 84.0 Å². The van der Waals surface area contributed by atoms with E-state index < -0.39 is 0 Å². The van der Waals surface area contributed by atoms with E-state index >= 15 is 0 Å². The molecule has 0 heterocycles. The summed E-state index contributed by atoms with van der Waals surface area (Å²) in [4.78, 5) is 0. The van der Waals surface area contributed by atoms with Crippen molar-refractivity contribution in [1.82, 2.24) is 0 Å². The third-order valence-corrected chi connectivity index (χ3v) is 5.60. The number of rotatable bonds is 8. The van der Waals surface area contributed by atoms with Crippen molar-refractivity contribution in [2.45, 2.75) is 65.2 Å². The van der Waals surface area contributed by atoms with E-state index in [2.05, 4.69) is 98.8 Å². The molecule has 0 N–H and O–H groups in total. The van der Waals surface area contributed by atoms with Gasteiger partial charge in [-0.3, -0.25) is 12.2 Å². The van der Waals surface area contributed by atoms with Crippen molar-refractivity contribution in [2.24, 2.45) is 0 Å². The van der Waals surface area contributed by atoms with Gasteiger partial charge < -0.3 is 24.8 Å². The van der Waals surface area contributed by atoms with Crippen LogP contribution < -0.4 is 24.8 Å². The van der Waals surface area contributed by atoms with Gasteiger partial charge >= 0.3 is 21.7 Å². The fourth-order valence-electron chi connectivity index (χ4n) is 3.77. The molecule has 0 amide bonds. The van der Waals surface area contributed by atoms with E-state index in [4.69, 9.17) is 0 Å². The topological polar surface area (TPSA) is 0 Å². The second-order valence-electron chi connectivity index (χ2n) is 8.04. The summed E-state index contributed by atoms with van der Waals surface area (Å²) < 4.78 is 0. The Bertz CT molecular complexity index is 831. The van der Waals surface area contributed by atoms with Crippen molar-refractivity contribution in [3.8, 4) is 0 Å². The summed E-state index contributed by atoms with van der Waals surface area (Å²) in [5, 5.41) is 0. The predicted molar refractivity (Wildman–Crippen MR) is 131 cm³/mol. The summed E-state index contributed by atoms with van der Waals surface area (Å²) in [6.45, 7) is 4.47. The molecule has 2 aliphatic rings. The molecule has 0 saturated carbocycles. The normalized spacial score (nSPS) is 13.6. The predicted octanol–water partition coefficient (Wildman–Crippen LogP) is 2.79. The molecule has 0 saturated heterocycles. The maximum Gasteiger partial charge on any atom is 4.00 e. The molecule has 0 fully saturated rings. The first-order valence-corrected chi connectivity index (χ1v) is 11.5. The summed E-state index contributed by atoms with van der Waals surface area (Å²) in [7, 11) is 0. The molecular formula is C30H34Cl2Ti. The maximum absolute atomic E-state index is 3.46. The van der Waals surface area contributed by atoms with E-state index in [1.54, 1.807) is 0 Å². The molecule has 172 valence electrons. The van der Waals surface area contributed by atoms with Crippen LogP contribution in [0.1, 0.15) is 76.3 Å². The Morgan fingerprint density at radius 3 is 1.30 bits per heavy atom. The van der Waals surface area contributed by atoms with Crippen LogP contribution in [0.3, 0.4) is 0 Å². The molecule has 0 radical (unpaired) electrons. The Labute approximate surface area is 229 Å². The van der Waals surface area contributed by atoms with Crippen molar-refractivity contribution < 1.29 is 46.5 Å². The monoisotopic (exact) mass is 512 g/mol. The zero-order valence-corrected chi connectivity index (χ0v) is 22.9. The molecular weight excluding hydrogens is 479 g/mol. The van der Waals surface area contributed by atoms with Gasteiger partial charge in [-0.2, -0.15) is 0 Å². The molecule has 2 aromatic rings. The molecule has 0 nitrogen and oxygen atoms in total. The van der Waals surface area contributed by atoms with E-state index in [0.29, 0.717) is 0 Å². The van der Waals surface area contributed by atoms with Gasteiger partial charge in [0.15, 0.2) is 0 Å². The van der Waals surface area contributed by atoms with Crippen molar-refractivity contribution in [3.05, 3.63) is 107 Å². The van der Waals surface area contributed by atoms with Crippen LogP contribution in [-0.2, 0) is 21.7 Å². The SMILES string of the molecule is CCCCC1=[C-]CC(c2ccccc2)=C1.CCCCC1=[C-]CC(c2ccccc2)=C1.[Cl-].[Cl-].[Ti+4].